The number of hydrogen-bond donors (Lipinski definition) is 1. The maximum atomic E-state index is 10.9. The molecule has 0 radical (unpaired) electrons. The van der Waals surface area contributed by atoms with Gasteiger partial charge >= 0.3 is 5.97 Å². The molecule has 0 spiro atoms. The van der Waals surface area contributed by atoms with Gasteiger partial charge in [0.15, 0.2) is 0 Å². The molecule has 3 heteroatoms. The second kappa shape index (κ2) is 4.47. The van der Waals surface area contributed by atoms with Crippen molar-refractivity contribution in [2.75, 3.05) is 6.61 Å². The summed E-state index contributed by atoms with van der Waals surface area (Å²) in [7, 11) is 0. The first kappa shape index (κ1) is 11.1. The monoisotopic (exact) mass is 195 g/mol. The third-order valence-corrected chi connectivity index (χ3v) is 2.25. The maximum absolute atomic E-state index is 10.9. The minimum absolute atomic E-state index is 0.134. The number of esters is 1. The van der Waals surface area contributed by atoms with E-state index in [1.807, 2.05) is 0 Å². The molecule has 78 valence electrons. The summed E-state index contributed by atoms with van der Waals surface area (Å²) < 4.78 is 4.71. The van der Waals surface area contributed by atoms with Crippen molar-refractivity contribution in [2.45, 2.75) is 45.2 Å². The lowest BCUT2D eigenvalue weighted by Gasteiger charge is -2.17. The Balaban J connectivity index is 2.42. The summed E-state index contributed by atoms with van der Waals surface area (Å²) >= 11 is 0. The van der Waals surface area contributed by atoms with Gasteiger partial charge in [-0.1, -0.05) is 5.92 Å². The van der Waals surface area contributed by atoms with Crippen molar-refractivity contribution in [3.8, 4) is 11.8 Å². The minimum atomic E-state index is -0.431. The Labute approximate surface area is 85.2 Å². The van der Waals surface area contributed by atoms with Crippen molar-refractivity contribution in [2.24, 2.45) is 0 Å². The van der Waals surface area contributed by atoms with Crippen molar-refractivity contribution in [1.82, 2.24) is 5.32 Å². The lowest BCUT2D eigenvalue weighted by atomic mass is 10.0. The van der Waals surface area contributed by atoms with E-state index in [0.717, 1.165) is 12.8 Å². The molecule has 14 heavy (non-hydrogen) atoms. The summed E-state index contributed by atoms with van der Waals surface area (Å²) in [6.07, 6.45) is 2.09. The van der Waals surface area contributed by atoms with Crippen LogP contribution in [-0.4, -0.2) is 24.2 Å². The number of carbonyl (C=O) groups is 1. The molecule has 1 N–H and O–H groups in total. The third-order valence-electron chi connectivity index (χ3n) is 2.25. The Morgan fingerprint density at radius 2 is 2.36 bits per heavy atom. The van der Waals surface area contributed by atoms with E-state index < -0.39 is 5.97 Å². The van der Waals surface area contributed by atoms with Crippen molar-refractivity contribution in [3.05, 3.63) is 0 Å². The van der Waals surface area contributed by atoms with Gasteiger partial charge in [0.1, 0.15) is 0 Å². The topological polar surface area (TPSA) is 38.3 Å². The van der Waals surface area contributed by atoms with Crippen LogP contribution in [-0.2, 0) is 9.53 Å². The van der Waals surface area contributed by atoms with E-state index in [9.17, 15) is 4.79 Å². The summed E-state index contributed by atoms with van der Waals surface area (Å²) in [6, 6.07) is 0.134. The highest BCUT2D eigenvalue weighted by Crippen LogP contribution is 2.21. The predicted octanol–water partition coefficient (Wildman–Crippen LogP) is 1.08. The second-order valence-corrected chi connectivity index (χ2v) is 4.11. The van der Waals surface area contributed by atoms with E-state index >= 15 is 0 Å². The normalized spacial score (nSPS) is 23.8. The molecule has 1 aliphatic heterocycles. The maximum Gasteiger partial charge on any atom is 0.384 e. The van der Waals surface area contributed by atoms with Gasteiger partial charge < -0.3 is 4.74 Å². The molecule has 1 heterocycles. The molecule has 1 aliphatic rings. The molecule has 1 unspecified atom stereocenters. The Kier molecular flexibility index (Phi) is 3.54. The molecule has 0 aromatic rings. The lowest BCUT2D eigenvalue weighted by Crippen LogP contribution is -2.36. The highest BCUT2D eigenvalue weighted by molar-refractivity contribution is 5.88. The fourth-order valence-electron chi connectivity index (χ4n) is 1.54. The first-order chi connectivity index (χ1) is 6.53. The molecule has 0 amide bonds. The van der Waals surface area contributed by atoms with Gasteiger partial charge in [-0.2, -0.15) is 0 Å². The quantitative estimate of drug-likeness (QED) is 0.386. The van der Waals surface area contributed by atoms with Crippen LogP contribution < -0.4 is 5.32 Å². The molecule has 1 rings (SSSR count). The zero-order valence-corrected chi connectivity index (χ0v) is 9.02. The Morgan fingerprint density at radius 1 is 1.64 bits per heavy atom. The highest BCUT2D eigenvalue weighted by atomic mass is 16.5. The number of nitrogens with one attached hydrogen (secondary N) is 1. The van der Waals surface area contributed by atoms with Crippen LogP contribution in [0.25, 0.3) is 0 Å². The van der Waals surface area contributed by atoms with E-state index in [0.29, 0.717) is 6.61 Å². The molecule has 1 atom stereocenters. The average molecular weight is 195 g/mol. The molecule has 3 nitrogen and oxygen atoms in total. The van der Waals surface area contributed by atoms with Crippen molar-refractivity contribution in [1.29, 1.82) is 0 Å². The van der Waals surface area contributed by atoms with E-state index in [2.05, 4.69) is 31.0 Å². The number of hydrogen-bond acceptors (Lipinski definition) is 3. The molecular weight excluding hydrogens is 178 g/mol. The minimum Gasteiger partial charge on any atom is -0.456 e. The van der Waals surface area contributed by atoms with E-state index in [1.54, 1.807) is 6.92 Å². The molecule has 0 bridgehead atoms. The van der Waals surface area contributed by atoms with Gasteiger partial charge in [0.2, 0.25) is 0 Å². The zero-order chi connectivity index (χ0) is 10.6. The van der Waals surface area contributed by atoms with Gasteiger partial charge in [0.25, 0.3) is 0 Å². The first-order valence-corrected chi connectivity index (χ1v) is 4.99. The standard InChI is InChI=1S/C11H17NO2/c1-4-14-10(13)6-5-9-7-8-11(2,3)12-9/h9,12H,4,7-8H2,1-3H3. The molecule has 0 aromatic carbocycles. The third kappa shape index (κ3) is 3.39. The van der Waals surface area contributed by atoms with Crippen LogP contribution >= 0.6 is 0 Å². The summed E-state index contributed by atoms with van der Waals surface area (Å²) in [4.78, 5) is 10.9. The largest absolute Gasteiger partial charge is 0.456 e. The Hall–Kier alpha value is -1.01. The number of rotatable bonds is 1. The lowest BCUT2D eigenvalue weighted by molar-refractivity contribution is -0.136. The Bertz CT molecular complexity index is 273. The number of carbonyl (C=O) groups excluding carboxylic acids is 1. The predicted molar refractivity (Wildman–Crippen MR) is 54.6 cm³/mol. The SMILES string of the molecule is CCOC(=O)C#CC1CCC(C)(C)N1. The van der Waals surface area contributed by atoms with Crippen LogP contribution in [0.3, 0.4) is 0 Å². The van der Waals surface area contributed by atoms with Crippen molar-refractivity contribution < 1.29 is 9.53 Å². The Morgan fingerprint density at radius 3 is 2.86 bits per heavy atom. The summed E-state index contributed by atoms with van der Waals surface area (Å²) in [5, 5.41) is 3.35. The van der Waals surface area contributed by atoms with Crippen LogP contribution in [0.4, 0.5) is 0 Å². The van der Waals surface area contributed by atoms with Crippen LogP contribution in [0.1, 0.15) is 33.6 Å². The van der Waals surface area contributed by atoms with Gasteiger partial charge in [-0.05, 0) is 33.6 Å². The molecular formula is C11H17NO2. The molecule has 0 saturated carbocycles. The molecule has 0 aliphatic carbocycles. The fraction of sp³-hybridized carbons (Fsp3) is 0.727. The smallest absolute Gasteiger partial charge is 0.384 e. The molecule has 1 saturated heterocycles. The van der Waals surface area contributed by atoms with Crippen molar-refractivity contribution >= 4 is 5.97 Å². The summed E-state index contributed by atoms with van der Waals surface area (Å²) in [6.45, 7) is 6.44. The van der Waals surface area contributed by atoms with Crippen LogP contribution in [0.5, 0.6) is 0 Å². The van der Waals surface area contributed by atoms with Crippen LogP contribution in [0, 0.1) is 11.8 Å². The van der Waals surface area contributed by atoms with Crippen LogP contribution in [0.2, 0.25) is 0 Å². The van der Waals surface area contributed by atoms with Gasteiger partial charge in [-0.25, -0.2) is 4.79 Å². The van der Waals surface area contributed by atoms with E-state index in [-0.39, 0.29) is 11.6 Å². The molecule has 0 aromatic heterocycles. The van der Waals surface area contributed by atoms with E-state index in [1.165, 1.54) is 0 Å². The van der Waals surface area contributed by atoms with Crippen LogP contribution in [0.15, 0.2) is 0 Å². The number of ether oxygens (including phenoxy) is 1. The van der Waals surface area contributed by atoms with Gasteiger partial charge in [0, 0.05) is 11.5 Å². The average Bonchev–Trinajstić information content (AvgIpc) is 2.43. The van der Waals surface area contributed by atoms with Gasteiger partial charge in [0.05, 0.1) is 12.6 Å². The molecule has 1 fully saturated rings. The highest BCUT2D eigenvalue weighted by Gasteiger charge is 2.28. The summed E-state index contributed by atoms with van der Waals surface area (Å²) in [5.41, 5.74) is 0.147. The summed E-state index contributed by atoms with van der Waals surface area (Å²) in [5.74, 6) is 4.94. The van der Waals surface area contributed by atoms with Gasteiger partial charge in [-0.15, -0.1) is 0 Å². The van der Waals surface area contributed by atoms with Crippen molar-refractivity contribution in [3.63, 3.8) is 0 Å². The zero-order valence-electron chi connectivity index (χ0n) is 9.02. The fourth-order valence-corrected chi connectivity index (χ4v) is 1.54. The van der Waals surface area contributed by atoms with Gasteiger partial charge in [-0.3, -0.25) is 5.32 Å². The van der Waals surface area contributed by atoms with E-state index in [4.69, 9.17) is 4.74 Å². The second-order valence-electron chi connectivity index (χ2n) is 4.11. The first-order valence-electron chi connectivity index (χ1n) is 4.99.